The van der Waals surface area contributed by atoms with Crippen molar-refractivity contribution in [3.05, 3.63) is 27.7 Å². The van der Waals surface area contributed by atoms with Crippen molar-refractivity contribution >= 4 is 15.9 Å². The van der Waals surface area contributed by atoms with Gasteiger partial charge in [0, 0.05) is 0 Å². The summed E-state index contributed by atoms with van der Waals surface area (Å²) < 4.78 is 6.39. The first kappa shape index (κ1) is 10.6. The van der Waals surface area contributed by atoms with Gasteiger partial charge < -0.3 is 4.74 Å². The van der Waals surface area contributed by atoms with Gasteiger partial charge in [0.25, 0.3) is 0 Å². The molecule has 0 aliphatic carbocycles. The van der Waals surface area contributed by atoms with E-state index in [0.29, 0.717) is 5.92 Å². The fourth-order valence-electron chi connectivity index (χ4n) is 1.40. The Labute approximate surface area is 88.2 Å². The van der Waals surface area contributed by atoms with Gasteiger partial charge in [0.1, 0.15) is 5.75 Å². The van der Waals surface area contributed by atoms with Crippen molar-refractivity contribution in [1.29, 1.82) is 0 Å². The molecule has 0 saturated carbocycles. The van der Waals surface area contributed by atoms with Gasteiger partial charge in [-0.05, 0) is 46.0 Å². The van der Waals surface area contributed by atoms with Crippen LogP contribution in [-0.4, -0.2) is 7.11 Å². The summed E-state index contributed by atoms with van der Waals surface area (Å²) in [5, 5.41) is 0. The molecule has 1 nitrogen and oxygen atoms in total. The SMILES string of the molecule is COc1c(Br)cc(C)cc1C(C)C. The molecule has 0 saturated heterocycles. The van der Waals surface area contributed by atoms with E-state index < -0.39 is 0 Å². The maximum Gasteiger partial charge on any atom is 0.136 e. The summed E-state index contributed by atoms with van der Waals surface area (Å²) in [6.45, 7) is 6.43. The average Bonchev–Trinajstić information content (AvgIpc) is 2.02. The molecule has 0 radical (unpaired) electrons. The second-order valence-electron chi connectivity index (χ2n) is 3.52. The fourth-order valence-corrected chi connectivity index (χ4v) is 2.15. The van der Waals surface area contributed by atoms with E-state index in [1.165, 1.54) is 11.1 Å². The Balaban J connectivity index is 3.29. The predicted octanol–water partition coefficient (Wildman–Crippen LogP) is 3.89. The van der Waals surface area contributed by atoms with Crippen LogP contribution in [0, 0.1) is 6.92 Å². The Hall–Kier alpha value is -0.500. The van der Waals surface area contributed by atoms with Gasteiger partial charge in [-0.25, -0.2) is 0 Å². The quantitative estimate of drug-likeness (QED) is 0.765. The number of halogens is 1. The molecule has 13 heavy (non-hydrogen) atoms. The molecule has 0 atom stereocenters. The van der Waals surface area contributed by atoms with Crippen molar-refractivity contribution < 1.29 is 4.74 Å². The van der Waals surface area contributed by atoms with Crippen LogP contribution in [0.3, 0.4) is 0 Å². The lowest BCUT2D eigenvalue weighted by Crippen LogP contribution is -1.96. The molecule has 0 heterocycles. The van der Waals surface area contributed by atoms with Gasteiger partial charge in [0.15, 0.2) is 0 Å². The minimum absolute atomic E-state index is 0.492. The maximum atomic E-state index is 5.35. The normalized spacial score (nSPS) is 10.6. The zero-order chi connectivity index (χ0) is 10.0. The molecule has 0 aromatic heterocycles. The van der Waals surface area contributed by atoms with E-state index in [4.69, 9.17) is 4.74 Å². The molecule has 0 bridgehead atoms. The zero-order valence-electron chi connectivity index (χ0n) is 8.52. The standard InChI is InChI=1S/C11H15BrO/c1-7(2)9-5-8(3)6-10(12)11(9)13-4/h5-7H,1-4H3. The van der Waals surface area contributed by atoms with Gasteiger partial charge in [0.05, 0.1) is 11.6 Å². The molecule has 1 aromatic rings. The third kappa shape index (κ3) is 2.25. The van der Waals surface area contributed by atoms with Crippen LogP contribution in [0.4, 0.5) is 0 Å². The minimum atomic E-state index is 0.492. The van der Waals surface area contributed by atoms with E-state index in [1.807, 2.05) is 0 Å². The average molecular weight is 243 g/mol. The monoisotopic (exact) mass is 242 g/mol. The first-order valence-corrected chi connectivity index (χ1v) is 5.19. The molecule has 0 spiro atoms. The smallest absolute Gasteiger partial charge is 0.136 e. The summed E-state index contributed by atoms with van der Waals surface area (Å²) in [5.74, 6) is 1.45. The second-order valence-corrected chi connectivity index (χ2v) is 4.38. The number of aryl methyl sites for hydroxylation is 1. The molecule has 0 aliphatic heterocycles. The zero-order valence-corrected chi connectivity index (χ0v) is 10.1. The molecule has 2 heteroatoms. The van der Waals surface area contributed by atoms with E-state index in [2.05, 4.69) is 48.8 Å². The fraction of sp³-hybridized carbons (Fsp3) is 0.455. The molecule has 1 rings (SSSR count). The Morgan fingerprint density at radius 1 is 1.31 bits per heavy atom. The lowest BCUT2D eigenvalue weighted by molar-refractivity contribution is 0.404. The maximum absolute atomic E-state index is 5.35. The summed E-state index contributed by atoms with van der Waals surface area (Å²) in [4.78, 5) is 0. The summed E-state index contributed by atoms with van der Waals surface area (Å²) in [6, 6.07) is 4.25. The van der Waals surface area contributed by atoms with Crippen molar-refractivity contribution in [1.82, 2.24) is 0 Å². The molecule has 0 unspecified atom stereocenters. The summed E-state index contributed by atoms with van der Waals surface area (Å²) in [6.07, 6.45) is 0. The van der Waals surface area contributed by atoms with Crippen molar-refractivity contribution in [3.8, 4) is 5.75 Å². The second kappa shape index (κ2) is 4.14. The molecule has 72 valence electrons. The van der Waals surface area contributed by atoms with Crippen LogP contribution >= 0.6 is 15.9 Å². The molecule has 0 fully saturated rings. The van der Waals surface area contributed by atoms with Crippen LogP contribution in [0.1, 0.15) is 30.9 Å². The summed E-state index contributed by atoms with van der Waals surface area (Å²) in [5.41, 5.74) is 2.52. The van der Waals surface area contributed by atoms with Gasteiger partial charge in [-0.15, -0.1) is 0 Å². The van der Waals surface area contributed by atoms with E-state index in [9.17, 15) is 0 Å². The third-order valence-corrected chi connectivity index (χ3v) is 2.63. The summed E-state index contributed by atoms with van der Waals surface area (Å²) in [7, 11) is 1.71. The van der Waals surface area contributed by atoms with E-state index >= 15 is 0 Å². The van der Waals surface area contributed by atoms with Crippen LogP contribution < -0.4 is 4.74 Å². The lowest BCUT2D eigenvalue weighted by Gasteiger charge is -2.14. The van der Waals surface area contributed by atoms with Crippen molar-refractivity contribution in [2.75, 3.05) is 7.11 Å². The van der Waals surface area contributed by atoms with Crippen LogP contribution in [0.5, 0.6) is 5.75 Å². The largest absolute Gasteiger partial charge is 0.495 e. The Morgan fingerprint density at radius 3 is 2.38 bits per heavy atom. The van der Waals surface area contributed by atoms with Crippen molar-refractivity contribution in [3.63, 3.8) is 0 Å². The highest BCUT2D eigenvalue weighted by Gasteiger charge is 2.10. The minimum Gasteiger partial charge on any atom is -0.495 e. The third-order valence-electron chi connectivity index (χ3n) is 2.04. The van der Waals surface area contributed by atoms with Crippen LogP contribution in [0.2, 0.25) is 0 Å². The van der Waals surface area contributed by atoms with Crippen LogP contribution in [0.15, 0.2) is 16.6 Å². The predicted molar refractivity (Wildman–Crippen MR) is 59.5 cm³/mol. The Morgan fingerprint density at radius 2 is 1.92 bits per heavy atom. The van der Waals surface area contributed by atoms with Crippen molar-refractivity contribution in [2.24, 2.45) is 0 Å². The van der Waals surface area contributed by atoms with E-state index in [-0.39, 0.29) is 0 Å². The highest BCUT2D eigenvalue weighted by molar-refractivity contribution is 9.10. The number of ether oxygens (including phenoxy) is 1. The number of hydrogen-bond acceptors (Lipinski definition) is 1. The highest BCUT2D eigenvalue weighted by atomic mass is 79.9. The molecular formula is C11H15BrO. The highest BCUT2D eigenvalue weighted by Crippen LogP contribution is 2.34. The Bertz CT molecular complexity index is 305. The molecular weight excluding hydrogens is 228 g/mol. The Kier molecular flexibility index (Phi) is 3.37. The topological polar surface area (TPSA) is 9.23 Å². The lowest BCUT2D eigenvalue weighted by atomic mass is 10.00. The van der Waals surface area contributed by atoms with E-state index in [0.717, 1.165) is 10.2 Å². The molecule has 0 aliphatic rings. The number of methoxy groups -OCH3 is 1. The molecule has 0 N–H and O–H groups in total. The molecule has 1 aromatic carbocycles. The first-order valence-electron chi connectivity index (χ1n) is 4.40. The van der Waals surface area contributed by atoms with Gasteiger partial charge >= 0.3 is 0 Å². The number of hydrogen-bond donors (Lipinski definition) is 0. The van der Waals surface area contributed by atoms with Crippen LogP contribution in [-0.2, 0) is 0 Å². The van der Waals surface area contributed by atoms with Crippen molar-refractivity contribution in [2.45, 2.75) is 26.7 Å². The number of rotatable bonds is 2. The van der Waals surface area contributed by atoms with Crippen LogP contribution in [0.25, 0.3) is 0 Å². The van der Waals surface area contributed by atoms with Gasteiger partial charge in [-0.3, -0.25) is 0 Å². The van der Waals surface area contributed by atoms with Gasteiger partial charge in [-0.1, -0.05) is 19.9 Å². The molecule has 0 amide bonds. The number of benzene rings is 1. The summed E-state index contributed by atoms with van der Waals surface area (Å²) >= 11 is 3.50. The van der Waals surface area contributed by atoms with Gasteiger partial charge in [0.2, 0.25) is 0 Å². The first-order chi connectivity index (χ1) is 6.06. The van der Waals surface area contributed by atoms with Gasteiger partial charge in [-0.2, -0.15) is 0 Å². The van der Waals surface area contributed by atoms with E-state index in [1.54, 1.807) is 7.11 Å².